The molecule has 5 heteroatoms. The van der Waals surface area contributed by atoms with Crippen LogP contribution in [0.25, 0.3) is 11.0 Å². The predicted octanol–water partition coefficient (Wildman–Crippen LogP) is 3.89. The Hall–Kier alpha value is -2.66. The van der Waals surface area contributed by atoms with Gasteiger partial charge < -0.3 is 14.7 Å². The van der Waals surface area contributed by atoms with E-state index in [1.165, 1.54) is 5.56 Å². The third kappa shape index (κ3) is 2.95. The van der Waals surface area contributed by atoms with Crippen molar-refractivity contribution in [2.75, 3.05) is 27.7 Å². The van der Waals surface area contributed by atoms with Crippen molar-refractivity contribution in [1.29, 1.82) is 0 Å². The summed E-state index contributed by atoms with van der Waals surface area (Å²) in [7, 11) is 5.86. The smallest absolute Gasteiger partial charge is 0.161 e. The highest BCUT2D eigenvalue weighted by Crippen LogP contribution is 2.55. The van der Waals surface area contributed by atoms with Crippen molar-refractivity contribution in [2.45, 2.75) is 37.5 Å². The third-order valence-electron chi connectivity index (χ3n) is 7.14. The molecule has 1 unspecified atom stereocenters. The number of ether oxygens (including phenoxy) is 1. The van der Waals surface area contributed by atoms with E-state index in [0.717, 1.165) is 66.6 Å². The molecule has 0 radical (unpaired) electrons. The summed E-state index contributed by atoms with van der Waals surface area (Å²) in [5, 5.41) is 11.2. The Morgan fingerprint density at radius 3 is 2.53 bits per heavy atom. The highest BCUT2D eigenvalue weighted by Gasteiger charge is 2.49. The monoisotopic (exact) mass is 403 g/mol. The average molecular weight is 404 g/mol. The van der Waals surface area contributed by atoms with Crippen molar-refractivity contribution in [2.24, 2.45) is 5.92 Å². The van der Waals surface area contributed by atoms with Crippen LogP contribution in [0.3, 0.4) is 0 Å². The maximum absolute atomic E-state index is 11.2. The first kappa shape index (κ1) is 19.3. The lowest BCUT2D eigenvalue weighted by Crippen LogP contribution is -2.47. The lowest BCUT2D eigenvalue weighted by Gasteiger charge is -2.49. The third-order valence-corrected chi connectivity index (χ3v) is 7.14. The van der Waals surface area contributed by atoms with Crippen LogP contribution in [-0.4, -0.2) is 47.7 Å². The second kappa shape index (κ2) is 7.24. The van der Waals surface area contributed by atoms with Gasteiger partial charge in [-0.2, -0.15) is 0 Å². The van der Waals surface area contributed by atoms with Crippen molar-refractivity contribution in [1.82, 2.24) is 14.9 Å². The fourth-order valence-electron chi connectivity index (χ4n) is 5.63. The summed E-state index contributed by atoms with van der Waals surface area (Å²) in [6, 6.07) is 12.2. The number of aromatic hydroxyl groups is 1. The molecule has 0 spiro atoms. The molecule has 156 valence electrons. The minimum atomic E-state index is -0.152. The molecule has 2 aromatic carbocycles. The molecule has 0 saturated carbocycles. The second-order valence-electron chi connectivity index (χ2n) is 9.08. The number of rotatable bonds is 4. The Labute approximate surface area is 177 Å². The van der Waals surface area contributed by atoms with Crippen molar-refractivity contribution < 1.29 is 9.84 Å². The van der Waals surface area contributed by atoms with Crippen LogP contribution in [0.2, 0.25) is 0 Å². The minimum absolute atomic E-state index is 0.152. The van der Waals surface area contributed by atoms with Crippen molar-refractivity contribution in [3.8, 4) is 11.5 Å². The molecule has 0 amide bonds. The fraction of sp³-hybridized carbons (Fsp3) is 0.440. The van der Waals surface area contributed by atoms with Gasteiger partial charge in [-0.3, -0.25) is 0 Å². The maximum atomic E-state index is 11.2. The zero-order valence-electron chi connectivity index (χ0n) is 18.0. The highest BCUT2D eigenvalue weighted by atomic mass is 16.5. The van der Waals surface area contributed by atoms with Gasteiger partial charge in [-0.05, 0) is 76.0 Å². The summed E-state index contributed by atoms with van der Waals surface area (Å²) in [5.41, 5.74) is 6.31. The lowest BCUT2D eigenvalue weighted by molar-refractivity contribution is 0.170. The highest BCUT2D eigenvalue weighted by molar-refractivity contribution is 5.74. The number of hydrogen-bond acceptors (Lipinski definition) is 5. The Bertz CT molecular complexity index is 1110. The van der Waals surface area contributed by atoms with Crippen LogP contribution in [0.15, 0.2) is 36.4 Å². The van der Waals surface area contributed by atoms with Crippen LogP contribution in [0.4, 0.5) is 0 Å². The number of nitrogens with zero attached hydrogens (tertiary/aromatic N) is 3. The van der Waals surface area contributed by atoms with Crippen molar-refractivity contribution in [3.05, 3.63) is 58.9 Å². The molecule has 5 rings (SSSR count). The predicted molar refractivity (Wildman–Crippen MR) is 118 cm³/mol. The summed E-state index contributed by atoms with van der Waals surface area (Å²) >= 11 is 0. The normalized spacial score (nSPS) is 22.5. The van der Waals surface area contributed by atoms with Gasteiger partial charge in [-0.15, -0.1) is 0 Å². The van der Waals surface area contributed by atoms with E-state index in [2.05, 4.69) is 25.1 Å². The summed E-state index contributed by atoms with van der Waals surface area (Å²) in [6.45, 7) is 0.961. The number of methoxy groups -OCH3 is 1. The first-order valence-electron chi connectivity index (χ1n) is 10.8. The number of aromatic nitrogens is 2. The summed E-state index contributed by atoms with van der Waals surface area (Å²) in [6.07, 6.45) is 4.80. The quantitative estimate of drug-likeness (QED) is 0.716. The number of para-hydroxylation sites is 2. The van der Waals surface area contributed by atoms with Gasteiger partial charge in [0.05, 0.1) is 29.5 Å². The van der Waals surface area contributed by atoms with Gasteiger partial charge in [0, 0.05) is 17.4 Å². The molecule has 0 saturated heterocycles. The molecule has 3 aromatic rings. The van der Waals surface area contributed by atoms with Crippen molar-refractivity contribution in [3.63, 3.8) is 0 Å². The van der Waals surface area contributed by atoms with Gasteiger partial charge in [-0.1, -0.05) is 18.2 Å². The van der Waals surface area contributed by atoms with Gasteiger partial charge in [0.2, 0.25) is 0 Å². The number of hydrogen-bond donors (Lipinski definition) is 1. The molecular weight excluding hydrogens is 374 g/mol. The summed E-state index contributed by atoms with van der Waals surface area (Å²) in [4.78, 5) is 12.3. The zero-order valence-corrected chi connectivity index (χ0v) is 18.0. The van der Waals surface area contributed by atoms with Gasteiger partial charge in [0.15, 0.2) is 11.5 Å². The standard InChI is InChI=1S/C25H29N3O2/c1-28(2)13-12-25-15-21-20(26-18-6-4-5-7-19(18)27-21)14-17(25)10-8-16-9-11-22(30-3)24(29)23(16)25/h4-7,9,11,17,29H,8,10,12-15H2,1-3H3/t17?,25-/m1/s1. The van der Waals surface area contributed by atoms with Crippen LogP contribution in [-0.2, 0) is 24.7 Å². The Morgan fingerprint density at radius 1 is 1.10 bits per heavy atom. The topological polar surface area (TPSA) is 58.5 Å². The number of phenols is 1. The van der Waals surface area contributed by atoms with E-state index in [-0.39, 0.29) is 5.41 Å². The molecule has 1 heterocycles. The van der Waals surface area contributed by atoms with E-state index in [1.807, 2.05) is 30.3 Å². The molecule has 0 bridgehead atoms. The Balaban J connectivity index is 1.70. The first-order chi connectivity index (χ1) is 14.5. The molecule has 30 heavy (non-hydrogen) atoms. The Kier molecular flexibility index (Phi) is 4.66. The second-order valence-corrected chi connectivity index (χ2v) is 9.08. The van der Waals surface area contributed by atoms with Crippen molar-refractivity contribution >= 4 is 11.0 Å². The molecule has 1 N–H and O–H groups in total. The molecule has 0 fully saturated rings. The Morgan fingerprint density at radius 2 is 1.83 bits per heavy atom. The molecule has 5 nitrogen and oxygen atoms in total. The van der Waals surface area contributed by atoms with Gasteiger partial charge >= 0.3 is 0 Å². The van der Waals surface area contributed by atoms with Gasteiger partial charge in [-0.25, -0.2) is 9.97 Å². The minimum Gasteiger partial charge on any atom is -0.504 e. The number of fused-ring (bicyclic) bond motifs is 5. The molecule has 0 aliphatic heterocycles. The van der Waals surface area contributed by atoms with E-state index in [1.54, 1.807) is 7.11 Å². The molecule has 2 aliphatic carbocycles. The van der Waals surface area contributed by atoms with E-state index < -0.39 is 0 Å². The average Bonchev–Trinajstić information content (AvgIpc) is 2.75. The largest absolute Gasteiger partial charge is 0.504 e. The lowest BCUT2D eigenvalue weighted by atomic mass is 9.55. The van der Waals surface area contributed by atoms with Gasteiger partial charge in [0.25, 0.3) is 0 Å². The van der Waals surface area contributed by atoms with E-state index in [9.17, 15) is 5.11 Å². The molecular formula is C25H29N3O2. The first-order valence-corrected chi connectivity index (χ1v) is 10.8. The molecule has 1 aromatic heterocycles. The molecule has 2 aliphatic rings. The van der Waals surface area contributed by atoms with Crippen LogP contribution in [0.1, 0.15) is 35.4 Å². The number of benzene rings is 2. The summed E-state index contributed by atoms with van der Waals surface area (Å²) in [5.74, 6) is 1.32. The summed E-state index contributed by atoms with van der Waals surface area (Å²) < 4.78 is 5.50. The van der Waals surface area contributed by atoms with E-state index in [4.69, 9.17) is 14.7 Å². The fourth-order valence-corrected chi connectivity index (χ4v) is 5.63. The van der Waals surface area contributed by atoms with Crippen LogP contribution in [0.5, 0.6) is 11.5 Å². The zero-order chi connectivity index (χ0) is 20.9. The van der Waals surface area contributed by atoms with Crippen LogP contribution in [0, 0.1) is 5.92 Å². The SMILES string of the molecule is COc1ccc2c(c1O)[C@]1(CCN(C)C)Cc3nc4ccccc4nc3CC1CC2. The molecule has 2 atom stereocenters. The van der Waals surface area contributed by atoms with Gasteiger partial charge in [0.1, 0.15) is 0 Å². The number of aryl methyl sites for hydroxylation is 1. The van der Waals surface area contributed by atoms with E-state index >= 15 is 0 Å². The van der Waals surface area contributed by atoms with E-state index in [0.29, 0.717) is 17.4 Å². The number of phenolic OH excluding ortho intramolecular Hbond substituents is 1. The maximum Gasteiger partial charge on any atom is 0.161 e. The van der Waals surface area contributed by atoms with Crippen LogP contribution >= 0.6 is 0 Å². The van der Waals surface area contributed by atoms with Crippen LogP contribution < -0.4 is 4.74 Å².